The molecular formula is C30H36N2O2. The molecule has 0 radical (unpaired) electrons. The molecule has 0 saturated heterocycles. The summed E-state index contributed by atoms with van der Waals surface area (Å²) in [6.45, 7) is 8.49. The van der Waals surface area contributed by atoms with E-state index in [1.165, 1.54) is 0 Å². The summed E-state index contributed by atoms with van der Waals surface area (Å²) in [6, 6.07) is 25.5. The van der Waals surface area contributed by atoms with Gasteiger partial charge >= 0.3 is 0 Å². The van der Waals surface area contributed by atoms with Crippen molar-refractivity contribution >= 4 is 11.8 Å². The summed E-state index contributed by atoms with van der Waals surface area (Å²) in [5.41, 5.74) is 5.25. The number of benzene rings is 3. The summed E-state index contributed by atoms with van der Waals surface area (Å²) >= 11 is 0. The topological polar surface area (TPSA) is 49.4 Å². The van der Waals surface area contributed by atoms with Gasteiger partial charge in [0.1, 0.15) is 6.04 Å². The van der Waals surface area contributed by atoms with Crippen LogP contribution < -0.4 is 5.32 Å². The molecule has 0 aliphatic heterocycles. The van der Waals surface area contributed by atoms with Gasteiger partial charge in [-0.3, -0.25) is 9.59 Å². The van der Waals surface area contributed by atoms with Gasteiger partial charge < -0.3 is 10.2 Å². The smallest absolute Gasteiger partial charge is 0.243 e. The molecule has 0 unspecified atom stereocenters. The summed E-state index contributed by atoms with van der Waals surface area (Å²) in [5.74, 6) is -0.152. The van der Waals surface area contributed by atoms with Gasteiger partial charge in [-0.1, -0.05) is 91.3 Å². The number of rotatable bonds is 10. The standard InChI is InChI=1S/C30H36N2O2/c1-5-24(4)31-30(34)28(19-25-12-8-6-9-13-25)32(21-26-14-10-7-11-15-26)29(33)20-27-18-22(2)16-17-23(27)3/h6-18,24,28H,5,19-21H2,1-4H3,(H,31,34)/t24-,28+/m1/s1. The first-order chi connectivity index (χ1) is 16.4. The number of carbonyl (C=O) groups is 2. The van der Waals surface area contributed by atoms with E-state index in [9.17, 15) is 9.59 Å². The predicted molar refractivity (Wildman–Crippen MR) is 138 cm³/mol. The van der Waals surface area contributed by atoms with Crippen LogP contribution in [0.3, 0.4) is 0 Å². The first-order valence-corrected chi connectivity index (χ1v) is 12.1. The van der Waals surface area contributed by atoms with Crippen molar-refractivity contribution in [2.45, 2.75) is 65.6 Å². The van der Waals surface area contributed by atoms with Crippen LogP contribution in [-0.4, -0.2) is 28.8 Å². The maximum Gasteiger partial charge on any atom is 0.243 e. The average Bonchev–Trinajstić information content (AvgIpc) is 2.84. The molecule has 3 rings (SSSR count). The van der Waals surface area contributed by atoms with Crippen molar-refractivity contribution in [2.24, 2.45) is 0 Å². The molecule has 0 fully saturated rings. The molecule has 34 heavy (non-hydrogen) atoms. The highest BCUT2D eigenvalue weighted by Crippen LogP contribution is 2.19. The Morgan fingerprint density at radius 3 is 2.12 bits per heavy atom. The van der Waals surface area contributed by atoms with Gasteiger partial charge in [-0.2, -0.15) is 0 Å². The Hall–Kier alpha value is -3.40. The van der Waals surface area contributed by atoms with E-state index >= 15 is 0 Å². The number of carbonyl (C=O) groups excluding carboxylic acids is 2. The lowest BCUT2D eigenvalue weighted by atomic mass is 9.99. The quantitative estimate of drug-likeness (QED) is 0.444. The fourth-order valence-corrected chi connectivity index (χ4v) is 4.03. The van der Waals surface area contributed by atoms with Crippen molar-refractivity contribution in [1.82, 2.24) is 10.2 Å². The molecule has 0 aliphatic rings. The normalized spacial score (nSPS) is 12.6. The third-order valence-electron chi connectivity index (χ3n) is 6.31. The van der Waals surface area contributed by atoms with Crippen LogP contribution in [0.2, 0.25) is 0 Å². The molecule has 4 nitrogen and oxygen atoms in total. The summed E-state index contributed by atoms with van der Waals surface area (Å²) < 4.78 is 0. The molecule has 3 aromatic rings. The fourth-order valence-electron chi connectivity index (χ4n) is 4.03. The number of nitrogens with one attached hydrogen (secondary N) is 1. The largest absolute Gasteiger partial charge is 0.352 e. The van der Waals surface area contributed by atoms with E-state index in [0.717, 1.165) is 34.2 Å². The second-order valence-electron chi connectivity index (χ2n) is 9.14. The number of hydrogen-bond acceptors (Lipinski definition) is 2. The Kier molecular flexibility index (Phi) is 9.03. The Balaban J connectivity index is 1.98. The zero-order valence-electron chi connectivity index (χ0n) is 20.8. The third-order valence-corrected chi connectivity index (χ3v) is 6.31. The molecule has 0 bridgehead atoms. The van der Waals surface area contributed by atoms with Crippen molar-refractivity contribution in [2.75, 3.05) is 0 Å². The molecule has 178 valence electrons. The summed E-state index contributed by atoms with van der Waals surface area (Å²) in [4.78, 5) is 29.1. The lowest BCUT2D eigenvalue weighted by molar-refractivity contribution is -0.141. The average molecular weight is 457 g/mol. The van der Waals surface area contributed by atoms with E-state index in [1.54, 1.807) is 4.90 Å². The van der Waals surface area contributed by atoms with Crippen LogP contribution in [0.1, 0.15) is 48.1 Å². The number of amides is 2. The molecular weight excluding hydrogens is 420 g/mol. The van der Waals surface area contributed by atoms with Gasteiger partial charge in [0.25, 0.3) is 0 Å². The van der Waals surface area contributed by atoms with Gasteiger partial charge in [-0.15, -0.1) is 0 Å². The van der Waals surface area contributed by atoms with E-state index in [4.69, 9.17) is 0 Å². The number of nitrogens with zero attached hydrogens (tertiary/aromatic N) is 1. The third kappa shape index (κ3) is 7.05. The molecule has 0 spiro atoms. The minimum atomic E-state index is -0.603. The van der Waals surface area contributed by atoms with Crippen molar-refractivity contribution in [1.29, 1.82) is 0 Å². The molecule has 2 amide bonds. The summed E-state index contributed by atoms with van der Waals surface area (Å²) in [6.07, 6.45) is 1.57. The molecule has 0 aliphatic carbocycles. The zero-order valence-corrected chi connectivity index (χ0v) is 20.8. The van der Waals surface area contributed by atoms with Gasteiger partial charge in [0, 0.05) is 19.0 Å². The van der Waals surface area contributed by atoms with Crippen LogP contribution in [0.4, 0.5) is 0 Å². The van der Waals surface area contributed by atoms with E-state index in [1.807, 2.05) is 88.4 Å². The van der Waals surface area contributed by atoms with Gasteiger partial charge in [0.05, 0.1) is 6.42 Å². The molecule has 0 aromatic heterocycles. The molecule has 0 saturated carbocycles. The molecule has 1 N–H and O–H groups in total. The van der Waals surface area contributed by atoms with Crippen LogP contribution in [-0.2, 0) is 29.0 Å². The summed E-state index contributed by atoms with van der Waals surface area (Å²) in [5, 5.41) is 3.12. The maximum absolute atomic E-state index is 13.8. The lowest BCUT2D eigenvalue weighted by Gasteiger charge is -2.32. The zero-order chi connectivity index (χ0) is 24.5. The molecule has 0 heterocycles. The van der Waals surface area contributed by atoms with Crippen LogP contribution in [0.5, 0.6) is 0 Å². The number of aryl methyl sites for hydroxylation is 2. The van der Waals surface area contributed by atoms with Crippen molar-refractivity contribution in [3.63, 3.8) is 0 Å². The molecule has 3 aromatic carbocycles. The van der Waals surface area contributed by atoms with E-state index in [-0.39, 0.29) is 24.3 Å². The first-order valence-electron chi connectivity index (χ1n) is 12.1. The monoisotopic (exact) mass is 456 g/mol. The highest BCUT2D eigenvalue weighted by Gasteiger charge is 2.31. The highest BCUT2D eigenvalue weighted by atomic mass is 16.2. The Morgan fingerprint density at radius 2 is 1.50 bits per heavy atom. The second-order valence-corrected chi connectivity index (χ2v) is 9.14. The van der Waals surface area contributed by atoms with Gasteiger partial charge in [-0.05, 0) is 49.4 Å². The molecule has 2 atom stereocenters. The van der Waals surface area contributed by atoms with Gasteiger partial charge in [0.15, 0.2) is 0 Å². The Bertz CT molecular complexity index is 1080. The van der Waals surface area contributed by atoms with E-state index < -0.39 is 6.04 Å². The first kappa shape index (κ1) is 25.2. The summed E-state index contributed by atoms with van der Waals surface area (Å²) in [7, 11) is 0. The second kappa shape index (κ2) is 12.2. The maximum atomic E-state index is 13.8. The van der Waals surface area contributed by atoms with Crippen molar-refractivity contribution in [3.05, 3.63) is 107 Å². The van der Waals surface area contributed by atoms with Crippen molar-refractivity contribution in [3.8, 4) is 0 Å². The van der Waals surface area contributed by atoms with Gasteiger partial charge in [-0.25, -0.2) is 0 Å². The minimum Gasteiger partial charge on any atom is -0.352 e. The predicted octanol–water partition coefficient (Wildman–Crippen LogP) is 5.40. The Labute approximate surface area is 204 Å². The number of hydrogen-bond donors (Lipinski definition) is 1. The highest BCUT2D eigenvalue weighted by molar-refractivity contribution is 5.89. The van der Waals surface area contributed by atoms with Crippen LogP contribution in [0.15, 0.2) is 78.9 Å². The van der Waals surface area contributed by atoms with E-state index in [2.05, 4.69) is 23.5 Å². The van der Waals surface area contributed by atoms with Crippen LogP contribution in [0.25, 0.3) is 0 Å². The van der Waals surface area contributed by atoms with Gasteiger partial charge in [0.2, 0.25) is 11.8 Å². The van der Waals surface area contributed by atoms with Crippen molar-refractivity contribution < 1.29 is 9.59 Å². The van der Waals surface area contributed by atoms with Crippen LogP contribution >= 0.6 is 0 Å². The lowest BCUT2D eigenvalue weighted by Crippen LogP contribution is -2.52. The molecule has 4 heteroatoms. The fraction of sp³-hybridized carbons (Fsp3) is 0.333. The SMILES string of the molecule is CC[C@@H](C)NC(=O)[C@H](Cc1ccccc1)N(Cc1ccccc1)C(=O)Cc1cc(C)ccc1C. The Morgan fingerprint density at radius 1 is 0.882 bits per heavy atom. The minimum absolute atomic E-state index is 0.0402. The van der Waals surface area contributed by atoms with Crippen LogP contribution in [0, 0.1) is 13.8 Å². The van der Waals surface area contributed by atoms with E-state index in [0.29, 0.717) is 13.0 Å².